The van der Waals surface area contributed by atoms with Gasteiger partial charge in [0.1, 0.15) is 29.8 Å². The van der Waals surface area contributed by atoms with E-state index in [1.165, 1.54) is 12.1 Å². The third-order valence-electron chi connectivity index (χ3n) is 5.62. The molecule has 0 aliphatic carbocycles. The van der Waals surface area contributed by atoms with Crippen LogP contribution in [0.15, 0.2) is 82.8 Å². The van der Waals surface area contributed by atoms with Crippen molar-refractivity contribution in [3.05, 3.63) is 99.8 Å². The predicted octanol–water partition coefficient (Wildman–Crippen LogP) is 5.42. The van der Waals surface area contributed by atoms with Gasteiger partial charge in [0.25, 0.3) is 5.91 Å². The number of hydrogen-bond donors (Lipinski definition) is 0. The van der Waals surface area contributed by atoms with Gasteiger partial charge in [-0.1, -0.05) is 46.3 Å². The summed E-state index contributed by atoms with van der Waals surface area (Å²) in [6.07, 6.45) is 1.57. The molecule has 1 fully saturated rings. The zero-order chi connectivity index (χ0) is 23.9. The fraction of sp³-hybridized carbons (Fsp3) is 0.185. The first kappa shape index (κ1) is 23.5. The maximum absolute atomic E-state index is 13.2. The summed E-state index contributed by atoms with van der Waals surface area (Å²) in [6, 6.07) is 23.6. The SMILES string of the molecule is N#C/C(=C/c1cc(Br)ccc1OCc1ccc(F)cc1)C(=O)N1CCN(c2ccccc2)CC1. The number of rotatable bonds is 6. The van der Waals surface area contributed by atoms with E-state index in [0.29, 0.717) is 37.5 Å². The van der Waals surface area contributed by atoms with Crippen molar-refractivity contribution < 1.29 is 13.9 Å². The van der Waals surface area contributed by atoms with Gasteiger partial charge in [-0.25, -0.2) is 4.39 Å². The molecule has 0 atom stereocenters. The second kappa shape index (κ2) is 11.0. The Hall–Kier alpha value is -3.63. The molecule has 34 heavy (non-hydrogen) atoms. The lowest BCUT2D eigenvalue weighted by atomic mass is 10.1. The molecule has 1 saturated heterocycles. The molecule has 0 radical (unpaired) electrons. The monoisotopic (exact) mass is 519 g/mol. The minimum absolute atomic E-state index is 0.0536. The highest BCUT2D eigenvalue weighted by molar-refractivity contribution is 9.10. The van der Waals surface area contributed by atoms with Crippen LogP contribution in [0.2, 0.25) is 0 Å². The standard InChI is InChI=1S/C27H23BrFN3O2/c28-23-8-11-26(34-19-20-6-9-24(29)10-7-20)21(17-23)16-22(18-30)27(33)32-14-12-31(13-15-32)25-4-2-1-3-5-25/h1-11,16-17H,12-15,19H2/b22-16-. The number of anilines is 1. The Morgan fingerprint density at radius 3 is 2.41 bits per heavy atom. The van der Waals surface area contributed by atoms with Crippen LogP contribution in [0.25, 0.3) is 6.08 Å². The van der Waals surface area contributed by atoms with Gasteiger partial charge in [0.15, 0.2) is 0 Å². The van der Waals surface area contributed by atoms with Crippen molar-refractivity contribution in [3.63, 3.8) is 0 Å². The second-order valence-electron chi connectivity index (χ2n) is 7.88. The van der Waals surface area contributed by atoms with Crippen LogP contribution in [0.4, 0.5) is 10.1 Å². The first-order chi connectivity index (χ1) is 16.5. The van der Waals surface area contributed by atoms with E-state index in [4.69, 9.17) is 4.74 Å². The molecule has 0 bridgehead atoms. The number of hydrogen-bond acceptors (Lipinski definition) is 4. The van der Waals surface area contributed by atoms with E-state index in [1.807, 2.05) is 24.3 Å². The largest absolute Gasteiger partial charge is 0.488 e. The number of halogens is 2. The molecule has 1 aliphatic rings. The number of amides is 1. The molecule has 7 heteroatoms. The maximum Gasteiger partial charge on any atom is 0.264 e. The van der Waals surface area contributed by atoms with Crippen LogP contribution in [-0.2, 0) is 11.4 Å². The zero-order valence-corrected chi connectivity index (χ0v) is 20.0. The lowest BCUT2D eigenvalue weighted by Crippen LogP contribution is -2.49. The molecule has 1 heterocycles. The molecule has 0 spiro atoms. The molecular weight excluding hydrogens is 497 g/mol. The van der Waals surface area contributed by atoms with Gasteiger partial charge in [-0.2, -0.15) is 5.26 Å². The van der Waals surface area contributed by atoms with Gasteiger partial charge in [-0.3, -0.25) is 4.79 Å². The van der Waals surface area contributed by atoms with E-state index >= 15 is 0 Å². The van der Waals surface area contributed by atoms with E-state index in [-0.39, 0.29) is 23.9 Å². The molecule has 1 aliphatic heterocycles. The average Bonchev–Trinajstić information content (AvgIpc) is 2.88. The maximum atomic E-state index is 13.2. The van der Waals surface area contributed by atoms with Crippen molar-refractivity contribution in [1.29, 1.82) is 5.26 Å². The summed E-state index contributed by atoms with van der Waals surface area (Å²) < 4.78 is 19.9. The van der Waals surface area contributed by atoms with E-state index < -0.39 is 0 Å². The van der Waals surface area contributed by atoms with Crippen molar-refractivity contribution in [2.24, 2.45) is 0 Å². The minimum Gasteiger partial charge on any atom is -0.488 e. The number of nitriles is 1. The topological polar surface area (TPSA) is 56.6 Å². The van der Waals surface area contributed by atoms with Gasteiger partial charge in [-0.15, -0.1) is 0 Å². The van der Waals surface area contributed by atoms with Gasteiger partial charge in [0.05, 0.1) is 0 Å². The molecule has 3 aromatic carbocycles. The summed E-state index contributed by atoms with van der Waals surface area (Å²) in [6.45, 7) is 2.73. The van der Waals surface area contributed by atoms with E-state index in [2.05, 4.69) is 39.0 Å². The lowest BCUT2D eigenvalue weighted by molar-refractivity contribution is -0.126. The van der Waals surface area contributed by atoms with Crippen LogP contribution in [0.3, 0.4) is 0 Å². The number of carbonyl (C=O) groups is 1. The molecular formula is C27H23BrFN3O2. The Balaban J connectivity index is 1.47. The van der Waals surface area contributed by atoms with Gasteiger partial charge >= 0.3 is 0 Å². The summed E-state index contributed by atoms with van der Waals surface area (Å²) in [5.74, 6) is -0.0700. The van der Waals surface area contributed by atoms with Crippen LogP contribution in [0.5, 0.6) is 5.75 Å². The third-order valence-corrected chi connectivity index (χ3v) is 6.11. The van der Waals surface area contributed by atoms with Crippen molar-refractivity contribution in [2.45, 2.75) is 6.61 Å². The molecule has 0 saturated carbocycles. The van der Waals surface area contributed by atoms with Crippen LogP contribution >= 0.6 is 15.9 Å². The fourth-order valence-corrected chi connectivity index (χ4v) is 4.16. The summed E-state index contributed by atoms with van der Waals surface area (Å²) in [4.78, 5) is 17.1. The number of carbonyl (C=O) groups excluding carboxylic acids is 1. The zero-order valence-electron chi connectivity index (χ0n) is 18.5. The summed E-state index contributed by atoms with van der Waals surface area (Å²) >= 11 is 3.44. The number of benzene rings is 3. The highest BCUT2D eigenvalue weighted by Crippen LogP contribution is 2.27. The van der Waals surface area contributed by atoms with Crippen LogP contribution < -0.4 is 9.64 Å². The Bertz CT molecular complexity index is 1210. The number of ether oxygens (including phenoxy) is 1. The molecule has 172 valence electrons. The van der Waals surface area contributed by atoms with Crippen LogP contribution in [0.1, 0.15) is 11.1 Å². The average molecular weight is 520 g/mol. The summed E-state index contributed by atoms with van der Waals surface area (Å²) in [5, 5.41) is 9.75. The highest BCUT2D eigenvalue weighted by atomic mass is 79.9. The van der Waals surface area contributed by atoms with Gasteiger partial charge in [0, 0.05) is 41.9 Å². The first-order valence-corrected chi connectivity index (χ1v) is 11.7. The van der Waals surface area contributed by atoms with Gasteiger partial charge in [-0.05, 0) is 54.1 Å². The van der Waals surface area contributed by atoms with Crippen molar-refractivity contribution >= 4 is 33.6 Å². The smallest absolute Gasteiger partial charge is 0.264 e. The van der Waals surface area contributed by atoms with Gasteiger partial charge in [0.2, 0.25) is 0 Å². The second-order valence-corrected chi connectivity index (χ2v) is 8.80. The Kier molecular flexibility index (Phi) is 7.61. The normalized spacial score (nSPS) is 14.0. The Morgan fingerprint density at radius 1 is 1.03 bits per heavy atom. The molecule has 5 nitrogen and oxygen atoms in total. The molecule has 1 amide bonds. The highest BCUT2D eigenvalue weighted by Gasteiger charge is 2.24. The quantitative estimate of drug-likeness (QED) is 0.322. The van der Waals surface area contributed by atoms with E-state index in [0.717, 1.165) is 15.7 Å². The van der Waals surface area contributed by atoms with Crippen LogP contribution in [-0.4, -0.2) is 37.0 Å². The van der Waals surface area contributed by atoms with E-state index in [9.17, 15) is 14.4 Å². The minimum atomic E-state index is -0.308. The third kappa shape index (κ3) is 5.83. The number of nitrogens with zero attached hydrogens (tertiary/aromatic N) is 3. The van der Waals surface area contributed by atoms with Crippen molar-refractivity contribution in [3.8, 4) is 11.8 Å². The van der Waals surface area contributed by atoms with Crippen molar-refractivity contribution in [2.75, 3.05) is 31.1 Å². The lowest BCUT2D eigenvalue weighted by Gasteiger charge is -2.36. The van der Waals surface area contributed by atoms with E-state index in [1.54, 1.807) is 35.2 Å². The first-order valence-electron chi connectivity index (χ1n) is 10.9. The fourth-order valence-electron chi connectivity index (χ4n) is 3.78. The summed E-state index contributed by atoms with van der Waals surface area (Å²) in [7, 11) is 0. The van der Waals surface area contributed by atoms with Crippen molar-refractivity contribution in [1.82, 2.24) is 4.90 Å². The Labute approximate surface area is 206 Å². The molecule has 0 aromatic heterocycles. The Morgan fingerprint density at radius 2 is 1.74 bits per heavy atom. The summed E-state index contributed by atoms with van der Waals surface area (Å²) in [5.41, 5.74) is 2.61. The number of para-hydroxylation sites is 1. The molecule has 4 rings (SSSR count). The predicted molar refractivity (Wildman–Crippen MR) is 134 cm³/mol. The molecule has 0 unspecified atom stereocenters. The number of piperazine rings is 1. The molecule has 0 N–H and O–H groups in total. The van der Waals surface area contributed by atoms with Crippen LogP contribution in [0, 0.1) is 17.1 Å². The van der Waals surface area contributed by atoms with Gasteiger partial charge < -0.3 is 14.5 Å². The molecule has 3 aromatic rings.